The third-order valence-electron chi connectivity index (χ3n) is 2.95. The zero-order valence-electron chi connectivity index (χ0n) is 9.90. The topological polar surface area (TPSA) is 78.4 Å². The minimum absolute atomic E-state index is 0.0855. The summed E-state index contributed by atoms with van der Waals surface area (Å²) in [6, 6.07) is 3.72. The van der Waals surface area contributed by atoms with Gasteiger partial charge >= 0.3 is 0 Å². The summed E-state index contributed by atoms with van der Waals surface area (Å²) in [6.07, 6.45) is 0. The van der Waals surface area contributed by atoms with Gasteiger partial charge in [-0.15, -0.1) is 0 Å². The van der Waals surface area contributed by atoms with Gasteiger partial charge in [0.2, 0.25) is 10.0 Å². The van der Waals surface area contributed by atoms with E-state index in [0.717, 1.165) is 6.07 Å². The summed E-state index contributed by atoms with van der Waals surface area (Å²) >= 11 is 0. The van der Waals surface area contributed by atoms with Gasteiger partial charge in [-0.25, -0.2) is 17.5 Å². The van der Waals surface area contributed by atoms with E-state index < -0.39 is 21.4 Å². The smallest absolute Gasteiger partial charge is 0.240 e. The monoisotopic (exact) mass is 274 g/mol. The van der Waals surface area contributed by atoms with E-state index in [9.17, 15) is 17.9 Å². The SMILES string of the molecule is Cc1ccc(S(=O)(=O)NCC2(O)CNC2)cc1F. The summed E-state index contributed by atoms with van der Waals surface area (Å²) in [6.45, 7) is 2.16. The lowest BCUT2D eigenvalue weighted by molar-refractivity contribution is -0.00397. The molecule has 1 aliphatic heterocycles. The predicted molar refractivity (Wildman–Crippen MR) is 64.1 cm³/mol. The van der Waals surface area contributed by atoms with Crippen molar-refractivity contribution in [2.75, 3.05) is 19.6 Å². The molecule has 100 valence electrons. The van der Waals surface area contributed by atoms with Crippen LogP contribution in [0.25, 0.3) is 0 Å². The molecule has 0 aromatic heterocycles. The van der Waals surface area contributed by atoms with Crippen LogP contribution in [0.1, 0.15) is 5.56 Å². The minimum atomic E-state index is -3.79. The van der Waals surface area contributed by atoms with E-state index >= 15 is 0 Å². The minimum Gasteiger partial charge on any atom is -0.386 e. The summed E-state index contributed by atoms with van der Waals surface area (Å²) in [7, 11) is -3.79. The number of hydrogen-bond acceptors (Lipinski definition) is 4. The molecule has 18 heavy (non-hydrogen) atoms. The van der Waals surface area contributed by atoms with Gasteiger partial charge in [0.05, 0.1) is 4.90 Å². The van der Waals surface area contributed by atoms with Crippen LogP contribution in [0.4, 0.5) is 4.39 Å². The molecule has 7 heteroatoms. The third kappa shape index (κ3) is 2.69. The van der Waals surface area contributed by atoms with Gasteiger partial charge in [-0.1, -0.05) is 6.07 Å². The molecule has 0 bridgehead atoms. The second kappa shape index (κ2) is 4.58. The van der Waals surface area contributed by atoms with Gasteiger partial charge in [0, 0.05) is 19.6 Å². The van der Waals surface area contributed by atoms with Gasteiger partial charge in [0.25, 0.3) is 0 Å². The molecule has 0 amide bonds. The molecular weight excluding hydrogens is 259 g/mol. The van der Waals surface area contributed by atoms with E-state index in [4.69, 9.17) is 0 Å². The number of rotatable bonds is 4. The quantitative estimate of drug-likeness (QED) is 0.707. The second-order valence-electron chi connectivity index (χ2n) is 4.56. The maximum Gasteiger partial charge on any atom is 0.240 e. The van der Waals surface area contributed by atoms with E-state index in [1.807, 2.05) is 0 Å². The molecule has 1 aromatic carbocycles. The van der Waals surface area contributed by atoms with Crippen molar-refractivity contribution in [2.24, 2.45) is 0 Å². The predicted octanol–water partition coefficient (Wildman–Crippen LogP) is -0.253. The maximum absolute atomic E-state index is 13.3. The van der Waals surface area contributed by atoms with Crippen molar-refractivity contribution in [3.05, 3.63) is 29.6 Å². The summed E-state index contributed by atoms with van der Waals surface area (Å²) < 4.78 is 39.3. The first-order chi connectivity index (χ1) is 8.32. The van der Waals surface area contributed by atoms with Gasteiger partial charge in [-0.2, -0.15) is 0 Å². The number of aryl methyl sites for hydroxylation is 1. The highest BCUT2D eigenvalue weighted by Crippen LogP contribution is 2.15. The van der Waals surface area contributed by atoms with Crippen LogP contribution in [-0.4, -0.2) is 38.8 Å². The fraction of sp³-hybridized carbons (Fsp3) is 0.455. The Morgan fingerprint density at radius 1 is 1.50 bits per heavy atom. The molecule has 1 aromatic rings. The van der Waals surface area contributed by atoms with Crippen molar-refractivity contribution < 1.29 is 17.9 Å². The molecule has 2 rings (SSSR count). The highest BCUT2D eigenvalue weighted by molar-refractivity contribution is 7.89. The third-order valence-corrected chi connectivity index (χ3v) is 4.35. The molecule has 1 aliphatic rings. The first kappa shape index (κ1) is 13.4. The molecule has 5 nitrogen and oxygen atoms in total. The Morgan fingerprint density at radius 3 is 2.67 bits per heavy atom. The fourth-order valence-corrected chi connectivity index (χ4v) is 2.72. The van der Waals surface area contributed by atoms with Crippen molar-refractivity contribution in [1.29, 1.82) is 0 Å². The summed E-state index contributed by atoms with van der Waals surface area (Å²) in [5, 5.41) is 12.6. The molecule has 0 spiro atoms. The van der Waals surface area contributed by atoms with Crippen LogP contribution in [0, 0.1) is 12.7 Å². The summed E-state index contributed by atoms with van der Waals surface area (Å²) in [5.74, 6) is -0.568. The Morgan fingerprint density at radius 2 is 2.17 bits per heavy atom. The van der Waals surface area contributed by atoms with Gasteiger partial charge in [-0.3, -0.25) is 0 Å². The molecule has 0 aliphatic carbocycles. The van der Waals surface area contributed by atoms with Crippen LogP contribution in [0.3, 0.4) is 0 Å². The van der Waals surface area contributed by atoms with Crippen LogP contribution < -0.4 is 10.0 Å². The molecule has 1 fully saturated rings. The zero-order valence-corrected chi connectivity index (χ0v) is 10.7. The van der Waals surface area contributed by atoms with Crippen LogP contribution in [0.2, 0.25) is 0 Å². The number of hydrogen-bond donors (Lipinski definition) is 3. The number of halogens is 1. The first-order valence-electron chi connectivity index (χ1n) is 5.51. The molecule has 3 N–H and O–H groups in total. The maximum atomic E-state index is 13.3. The Kier molecular flexibility index (Phi) is 3.41. The Hall–Kier alpha value is -1.02. The van der Waals surface area contributed by atoms with Crippen molar-refractivity contribution in [3.63, 3.8) is 0 Å². The van der Waals surface area contributed by atoms with E-state index in [0.29, 0.717) is 18.7 Å². The van der Waals surface area contributed by atoms with E-state index in [-0.39, 0.29) is 11.4 Å². The van der Waals surface area contributed by atoms with Crippen LogP contribution in [0.5, 0.6) is 0 Å². The molecular formula is C11H15FN2O3S. The van der Waals surface area contributed by atoms with E-state index in [1.54, 1.807) is 6.92 Å². The molecule has 1 heterocycles. The molecule has 0 saturated carbocycles. The van der Waals surface area contributed by atoms with Gasteiger partial charge in [-0.05, 0) is 24.6 Å². The van der Waals surface area contributed by atoms with E-state index in [2.05, 4.69) is 10.0 Å². The number of benzene rings is 1. The Labute approximate surface area is 105 Å². The standard InChI is InChI=1S/C11H15FN2O3S/c1-8-2-3-9(4-10(8)12)18(16,17)14-7-11(15)5-13-6-11/h2-4,13-15H,5-7H2,1H3. The Balaban J connectivity index is 2.12. The van der Waals surface area contributed by atoms with Crippen molar-refractivity contribution in [1.82, 2.24) is 10.0 Å². The van der Waals surface area contributed by atoms with Crippen LogP contribution >= 0.6 is 0 Å². The number of aliphatic hydroxyl groups is 1. The average Bonchev–Trinajstić information content (AvgIpc) is 2.27. The lowest BCUT2D eigenvalue weighted by atomic mass is 9.98. The Bertz CT molecular complexity index is 555. The van der Waals surface area contributed by atoms with Gasteiger partial charge in [0.15, 0.2) is 0 Å². The first-order valence-corrected chi connectivity index (χ1v) is 7.00. The molecule has 0 radical (unpaired) electrons. The van der Waals surface area contributed by atoms with Crippen molar-refractivity contribution >= 4 is 10.0 Å². The average molecular weight is 274 g/mol. The highest BCUT2D eigenvalue weighted by Gasteiger charge is 2.35. The summed E-state index contributed by atoms with van der Waals surface area (Å²) in [5.41, 5.74) is -0.660. The molecule has 0 atom stereocenters. The number of sulfonamides is 1. The number of β-amino-alcohol motifs (C(OH)–C–C–N with tert-alkyl or cyclic N) is 1. The van der Waals surface area contributed by atoms with Gasteiger partial charge in [0.1, 0.15) is 11.4 Å². The fourth-order valence-electron chi connectivity index (χ4n) is 1.59. The molecule has 1 saturated heterocycles. The summed E-state index contributed by atoms with van der Waals surface area (Å²) in [4.78, 5) is -0.138. The van der Waals surface area contributed by atoms with Gasteiger partial charge < -0.3 is 10.4 Å². The molecule has 0 unspecified atom stereocenters. The lowest BCUT2D eigenvalue weighted by Gasteiger charge is -2.37. The second-order valence-corrected chi connectivity index (χ2v) is 6.33. The van der Waals surface area contributed by atoms with E-state index in [1.165, 1.54) is 12.1 Å². The van der Waals surface area contributed by atoms with Crippen molar-refractivity contribution in [2.45, 2.75) is 17.4 Å². The van der Waals surface area contributed by atoms with Crippen LogP contribution in [-0.2, 0) is 10.0 Å². The largest absolute Gasteiger partial charge is 0.386 e. The normalized spacial score (nSPS) is 18.4. The highest BCUT2D eigenvalue weighted by atomic mass is 32.2. The van der Waals surface area contributed by atoms with Crippen LogP contribution in [0.15, 0.2) is 23.1 Å². The lowest BCUT2D eigenvalue weighted by Crippen LogP contribution is -2.64. The number of nitrogens with one attached hydrogen (secondary N) is 2. The van der Waals surface area contributed by atoms with Crippen molar-refractivity contribution in [3.8, 4) is 0 Å². The zero-order chi connectivity index (χ0) is 13.4.